The van der Waals surface area contributed by atoms with Crippen molar-refractivity contribution in [2.24, 2.45) is 5.73 Å². The molecule has 7 heteroatoms. The molecule has 0 saturated carbocycles. The molecule has 0 aliphatic carbocycles. The van der Waals surface area contributed by atoms with E-state index in [0.29, 0.717) is 24.1 Å². The van der Waals surface area contributed by atoms with Crippen molar-refractivity contribution < 1.29 is 4.79 Å². The molecule has 0 spiro atoms. The summed E-state index contributed by atoms with van der Waals surface area (Å²) < 4.78 is 2.09. The number of nitrogens with zero attached hydrogens (tertiary/aromatic N) is 1. The van der Waals surface area contributed by atoms with Crippen LogP contribution in [0.5, 0.6) is 0 Å². The van der Waals surface area contributed by atoms with Crippen LogP contribution in [0.15, 0.2) is 52.0 Å². The molecule has 6 nitrogen and oxygen atoms in total. The lowest BCUT2D eigenvalue weighted by molar-refractivity contribution is 0.0949. The molecular formula is C17H17BrN4O2. The van der Waals surface area contributed by atoms with Crippen molar-refractivity contribution in [3.63, 3.8) is 0 Å². The van der Waals surface area contributed by atoms with Crippen LogP contribution in [0.3, 0.4) is 0 Å². The Kier molecular flexibility index (Phi) is 4.82. The van der Waals surface area contributed by atoms with Gasteiger partial charge in [0.1, 0.15) is 5.56 Å². The van der Waals surface area contributed by atoms with Gasteiger partial charge in [-0.25, -0.2) is 0 Å². The van der Waals surface area contributed by atoms with E-state index in [-0.39, 0.29) is 11.1 Å². The molecular weight excluding hydrogens is 372 g/mol. The third kappa shape index (κ3) is 3.27. The first-order chi connectivity index (χ1) is 11.6. The molecule has 2 heterocycles. The fourth-order valence-electron chi connectivity index (χ4n) is 2.63. The highest BCUT2D eigenvalue weighted by Crippen LogP contribution is 2.16. The summed E-state index contributed by atoms with van der Waals surface area (Å²) in [6.07, 6.45) is 3.49. The Bertz CT molecular complexity index is 945. The van der Waals surface area contributed by atoms with E-state index in [1.807, 2.05) is 30.5 Å². The second-order valence-corrected chi connectivity index (χ2v) is 6.32. The molecule has 124 valence electrons. The number of H-pyrrole nitrogens is 1. The molecule has 1 amide bonds. The first-order valence-corrected chi connectivity index (χ1v) is 8.32. The average molecular weight is 389 g/mol. The third-order valence-electron chi connectivity index (χ3n) is 3.78. The fourth-order valence-corrected chi connectivity index (χ4v) is 3.11. The Morgan fingerprint density at radius 1 is 1.33 bits per heavy atom. The van der Waals surface area contributed by atoms with Gasteiger partial charge in [-0.2, -0.15) is 0 Å². The van der Waals surface area contributed by atoms with Crippen LogP contribution in [0.1, 0.15) is 15.9 Å². The van der Waals surface area contributed by atoms with Gasteiger partial charge in [-0.05, 0) is 39.0 Å². The molecule has 0 fully saturated rings. The van der Waals surface area contributed by atoms with E-state index < -0.39 is 5.91 Å². The Labute approximate surface area is 146 Å². The summed E-state index contributed by atoms with van der Waals surface area (Å²) in [4.78, 5) is 27.9. The molecule has 0 bridgehead atoms. The monoisotopic (exact) mass is 388 g/mol. The van der Waals surface area contributed by atoms with Gasteiger partial charge in [0, 0.05) is 36.5 Å². The van der Waals surface area contributed by atoms with Gasteiger partial charge < -0.3 is 20.6 Å². The molecule has 4 N–H and O–H groups in total. The maximum Gasteiger partial charge on any atom is 0.263 e. The smallest absolute Gasteiger partial charge is 0.263 e. The van der Waals surface area contributed by atoms with E-state index in [1.54, 1.807) is 6.20 Å². The molecule has 0 aliphatic rings. The van der Waals surface area contributed by atoms with Gasteiger partial charge in [0.15, 0.2) is 0 Å². The topological polar surface area (TPSA) is 92.9 Å². The first-order valence-electron chi connectivity index (χ1n) is 7.53. The number of halogens is 1. The van der Waals surface area contributed by atoms with Gasteiger partial charge in [-0.3, -0.25) is 9.59 Å². The summed E-state index contributed by atoms with van der Waals surface area (Å²) in [5.74, 6) is -0.407. The van der Waals surface area contributed by atoms with E-state index in [1.165, 1.54) is 10.6 Å². The fraction of sp³-hybridized carbons (Fsp3) is 0.176. The van der Waals surface area contributed by atoms with Crippen LogP contribution in [0.4, 0.5) is 0 Å². The molecule has 1 aromatic carbocycles. The summed E-state index contributed by atoms with van der Waals surface area (Å²) in [5, 5.41) is 3.89. The van der Waals surface area contributed by atoms with Crippen LogP contribution in [-0.2, 0) is 13.1 Å². The molecule has 2 aromatic heterocycles. The minimum atomic E-state index is -0.407. The van der Waals surface area contributed by atoms with E-state index >= 15 is 0 Å². The Balaban J connectivity index is 1.83. The number of benzene rings is 1. The highest BCUT2D eigenvalue weighted by Gasteiger charge is 2.14. The second kappa shape index (κ2) is 7.02. The number of nitrogens with one attached hydrogen (secondary N) is 2. The van der Waals surface area contributed by atoms with Crippen molar-refractivity contribution in [1.29, 1.82) is 0 Å². The highest BCUT2D eigenvalue weighted by atomic mass is 79.9. The number of hydrogen-bond acceptors (Lipinski definition) is 3. The van der Waals surface area contributed by atoms with Crippen LogP contribution in [0.2, 0.25) is 0 Å². The van der Waals surface area contributed by atoms with Crippen LogP contribution in [0.25, 0.3) is 10.9 Å². The van der Waals surface area contributed by atoms with E-state index in [0.717, 1.165) is 16.5 Å². The summed E-state index contributed by atoms with van der Waals surface area (Å²) in [7, 11) is 0. The van der Waals surface area contributed by atoms with E-state index in [9.17, 15) is 9.59 Å². The summed E-state index contributed by atoms with van der Waals surface area (Å²) in [6, 6.07) is 9.37. The van der Waals surface area contributed by atoms with Crippen molar-refractivity contribution in [2.75, 3.05) is 6.54 Å². The van der Waals surface area contributed by atoms with Crippen molar-refractivity contribution in [1.82, 2.24) is 14.9 Å². The quantitative estimate of drug-likeness (QED) is 0.623. The molecule has 24 heavy (non-hydrogen) atoms. The number of para-hydroxylation sites is 1. The molecule has 0 aliphatic heterocycles. The van der Waals surface area contributed by atoms with Crippen LogP contribution in [-0.4, -0.2) is 22.0 Å². The number of carbonyl (C=O) groups is 1. The lowest BCUT2D eigenvalue weighted by atomic mass is 10.1. The van der Waals surface area contributed by atoms with Crippen LogP contribution >= 0.6 is 15.9 Å². The van der Waals surface area contributed by atoms with Crippen molar-refractivity contribution in [2.45, 2.75) is 13.1 Å². The number of hydrogen-bond donors (Lipinski definition) is 3. The summed E-state index contributed by atoms with van der Waals surface area (Å²) in [5.41, 5.74) is 7.19. The predicted molar refractivity (Wildman–Crippen MR) is 96.9 cm³/mol. The molecule has 0 radical (unpaired) electrons. The van der Waals surface area contributed by atoms with Crippen LogP contribution in [0, 0.1) is 0 Å². The molecule has 0 unspecified atom stereocenters. The predicted octanol–water partition coefficient (Wildman–Crippen LogP) is 1.98. The van der Waals surface area contributed by atoms with Gasteiger partial charge in [-0.15, -0.1) is 0 Å². The number of pyridine rings is 1. The van der Waals surface area contributed by atoms with Gasteiger partial charge in [-0.1, -0.05) is 18.2 Å². The number of nitrogens with two attached hydrogens (primary N) is 1. The van der Waals surface area contributed by atoms with Crippen molar-refractivity contribution in [3.05, 3.63) is 68.7 Å². The van der Waals surface area contributed by atoms with Gasteiger partial charge >= 0.3 is 0 Å². The SMILES string of the molecule is NCCn1cc(Br)cc(C(=O)NCc2cccc3cc[nH]c23)c1=O. The summed E-state index contributed by atoms with van der Waals surface area (Å²) >= 11 is 3.32. The van der Waals surface area contributed by atoms with E-state index in [2.05, 4.69) is 26.2 Å². The van der Waals surface area contributed by atoms with Gasteiger partial charge in [0.25, 0.3) is 11.5 Å². The normalized spacial score (nSPS) is 10.9. The molecule has 3 aromatic rings. The zero-order valence-corrected chi connectivity index (χ0v) is 14.5. The maximum absolute atomic E-state index is 12.4. The number of aromatic nitrogens is 2. The standard InChI is InChI=1S/C17H17BrN4O2/c18-13-8-14(17(24)22(10-13)7-5-19)16(23)21-9-12-3-1-2-11-4-6-20-15(11)12/h1-4,6,8,10,20H,5,7,9,19H2,(H,21,23). The number of carbonyl (C=O) groups excluding carboxylic acids is 1. The number of amides is 1. The molecule has 0 saturated heterocycles. The first kappa shape index (κ1) is 16.5. The zero-order chi connectivity index (χ0) is 17.1. The largest absolute Gasteiger partial charge is 0.361 e. The third-order valence-corrected chi connectivity index (χ3v) is 4.21. The Morgan fingerprint density at radius 2 is 2.17 bits per heavy atom. The van der Waals surface area contributed by atoms with Gasteiger partial charge in [0.05, 0.1) is 5.52 Å². The number of rotatable bonds is 5. The van der Waals surface area contributed by atoms with Crippen LogP contribution < -0.4 is 16.6 Å². The Morgan fingerprint density at radius 3 is 2.96 bits per heavy atom. The summed E-state index contributed by atoms with van der Waals surface area (Å²) in [6.45, 7) is 1.02. The van der Waals surface area contributed by atoms with Gasteiger partial charge in [0.2, 0.25) is 0 Å². The molecule has 0 atom stereocenters. The number of fused-ring (bicyclic) bond motifs is 1. The lowest BCUT2D eigenvalue weighted by Crippen LogP contribution is -2.33. The zero-order valence-electron chi connectivity index (χ0n) is 12.9. The highest BCUT2D eigenvalue weighted by molar-refractivity contribution is 9.10. The van der Waals surface area contributed by atoms with Crippen molar-refractivity contribution >= 4 is 32.7 Å². The maximum atomic E-state index is 12.4. The minimum Gasteiger partial charge on any atom is -0.361 e. The average Bonchev–Trinajstić information content (AvgIpc) is 3.05. The van der Waals surface area contributed by atoms with Crippen molar-refractivity contribution in [3.8, 4) is 0 Å². The molecule has 3 rings (SSSR count). The lowest BCUT2D eigenvalue weighted by Gasteiger charge is -2.10. The Hall–Kier alpha value is -2.38. The second-order valence-electron chi connectivity index (χ2n) is 5.40. The minimum absolute atomic E-state index is 0.0940. The number of aromatic amines is 1. The van der Waals surface area contributed by atoms with E-state index in [4.69, 9.17) is 5.73 Å².